The van der Waals surface area contributed by atoms with Gasteiger partial charge in [0.25, 0.3) is 0 Å². The van der Waals surface area contributed by atoms with Crippen LogP contribution in [0.25, 0.3) is 10.2 Å². The lowest BCUT2D eigenvalue weighted by molar-refractivity contribution is 0.338. The molecular formula is C17H22N2S. The Hall–Kier alpha value is -0.960. The van der Waals surface area contributed by atoms with E-state index in [2.05, 4.69) is 9.97 Å². The Morgan fingerprint density at radius 2 is 1.95 bits per heavy atom. The zero-order valence-corrected chi connectivity index (χ0v) is 12.8. The summed E-state index contributed by atoms with van der Waals surface area (Å²) in [6, 6.07) is 0. The average molecular weight is 286 g/mol. The summed E-state index contributed by atoms with van der Waals surface area (Å²) >= 11 is 1.91. The highest BCUT2D eigenvalue weighted by Gasteiger charge is 2.21. The molecule has 2 aromatic rings. The fourth-order valence-electron chi connectivity index (χ4n) is 4.00. The van der Waals surface area contributed by atoms with Gasteiger partial charge < -0.3 is 0 Å². The van der Waals surface area contributed by atoms with Crippen molar-refractivity contribution in [3.8, 4) is 0 Å². The van der Waals surface area contributed by atoms with Crippen molar-refractivity contribution >= 4 is 21.6 Å². The normalized spacial score (nSPS) is 19.6. The average Bonchev–Trinajstić information content (AvgIpc) is 3.06. The first kappa shape index (κ1) is 12.8. The van der Waals surface area contributed by atoms with Crippen LogP contribution in [0.5, 0.6) is 0 Å². The minimum Gasteiger partial charge on any atom is -0.241 e. The molecule has 2 aliphatic carbocycles. The van der Waals surface area contributed by atoms with Gasteiger partial charge in [0.2, 0.25) is 0 Å². The molecule has 1 fully saturated rings. The minimum atomic E-state index is 0.945. The topological polar surface area (TPSA) is 25.8 Å². The first-order chi connectivity index (χ1) is 9.92. The van der Waals surface area contributed by atoms with Crippen molar-refractivity contribution < 1.29 is 0 Å². The molecule has 20 heavy (non-hydrogen) atoms. The second-order valence-electron chi connectivity index (χ2n) is 6.40. The van der Waals surface area contributed by atoms with E-state index in [0.29, 0.717) is 0 Å². The third-order valence-electron chi connectivity index (χ3n) is 5.09. The number of aromatic nitrogens is 2. The van der Waals surface area contributed by atoms with E-state index in [4.69, 9.17) is 0 Å². The molecule has 0 saturated heterocycles. The Bertz CT molecular complexity index is 611. The van der Waals surface area contributed by atoms with Crippen molar-refractivity contribution in [3.05, 3.63) is 22.5 Å². The zero-order chi connectivity index (χ0) is 13.4. The molecule has 3 heteroatoms. The van der Waals surface area contributed by atoms with Crippen LogP contribution in [0.3, 0.4) is 0 Å². The summed E-state index contributed by atoms with van der Waals surface area (Å²) in [5, 5.41) is 1.43. The van der Waals surface area contributed by atoms with Gasteiger partial charge in [-0.1, -0.05) is 32.1 Å². The van der Waals surface area contributed by atoms with Crippen LogP contribution in [-0.4, -0.2) is 9.97 Å². The van der Waals surface area contributed by atoms with Crippen LogP contribution in [0.15, 0.2) is 6.33 Å². The van der Waals surface area contributed by atoms with E-state index in [9.17, 15) is 0 Å². The van der Waals surface area contributed by atoms with E-state index in [-0.39, 0.29) is 0 Å². The molecule has 2 aliphatic rings. The molecule has 106 valence electrons. The molecule has 4 rings (SSSR count). The first-order valence-electron chi connectivity index (χ1n) is 8.16. The highest BCUT2D eigenvalue weighted by atomic mass is 32.1. The maximum Gasteiger partial charge on any atom is 0.127 e. The Morgan fingerprint density at radius 1 is 1.05 bits per heavy atom. The number of nitrogens with zero attached hydrogens (tertiary/aromatic N) is 2. The number of hydrogen-bond donors (Lipinski definition) is 0. The summed E-state index contributed by atoms with van der Waals surface area (Å²) in [6.07, 6.45) is 15.3. The molecule has 0 N–H and O–H groups in total. The Kier molecular flexibility index (Phi) is 3.47. The van der Waals surface area contributed by atoms with Gasteiger partial charge in [-0.15, -0.1) is 11.3 Å². The smallest absolute Gasteiger partial charge is 0.127 e. The summed E-state index contributed by atoms with van der Waals surface area (Å²) < 4.78 is 0. The number of aryl methyl sites for hydroxylation is 3. The molecule has 0 aromatic carbocycles. The third-order valence-corrected chi connectivity index (χ3v) is 6.29. The van der Waals surface area contributed by atoms with Gasteiger partial charge in [0, 0.05) is 10.3 Å². The molecule has 0 unspecified atom stereocenters. The van der Waals surface area contributed by atoms with Gasteiger partial charge in [-0.3, -0.25) is 0 Å². The molecule has 0 bridgehead atoms. The molecule has 0 spiro atoms. The molecule has 0 radical (unpaired) electrons. The second kappa shape index (κ2) is 5.44. The van der Waals surface area contributed by atoms with Crippen LogP contribution in [-0.2, 0) is 19.3 Å². The Balaban J connectivity index is 1.59. The summed E-state index contributed by atoms with van der Waals surface area (Å²) in [4.78, 5) is 12.0. The largest absolute Gasteiger partial charge is 0.241 e. The van der Waals surface area contributed by atoms with Crippen molar-refractivity contribution in [2.75, 3.05) is 0 Å². The van der Waals surface area contributed by atoms with Crippen LogP contribution in [0.1, 0.15) is 61.1 Å². The van der Waals surface area contributed by atoms with Crippen molar-refractivity contribution in [1.29, 1.82) is 0 Å². The van der Waals surface area contributed by atoms with Gasteiger partial charge in [0.05, 0.1) is 5.69 Å². The lowest BCUT2D eigenvalue weighted by Crippen LogP contribution is -2.08. The van der Waals surface area contributed by atoms with E-state index in [1.807, 2.05) is 11.3 Å². The quantitative estimate of drug-likeness (QED) is 0.818. The van der Waals surface area contributed by atoms with E-state index in [1.54, 1.807) is 16.8 Å². The van der Waals surface area contributed by atoms with E-state index in [1.165, 1.54) is 73.7 Å². The maximum absolute atomic E-state index is 4.64. The third kappa shape index (κ3) is 2.26. The van der Waals surface area contributed by atoms with Crippen molar-refractivity contribution in [2.24, 2.45) is 5.92 Å². The fourth-order valence-corrected chi connectivity index (χ4v) is 5.25. The SMILES string of the molecule is c1nc(CCC2CCCCC2)c2c3c(sc2n1)CCC3. The molecule has 2 aromatic heterocycles. The van der Waals surface area contributed by atoms with Gasteiger partial charge in [-0.05, 0) is 43.6 Å². The monoisotopic (exact) mass is 286 g/mol. The van der Waals surface area contributed by atoms with Gasteiger partial charge in [-0.25, -0.2) is 9.97 Å². The van der Waals surface area contributed by atoms with Crippen molar-refractivity contribution in [3.63, 3.8) is 0 Å². The Morgan fingerprint density at radius 3 is 2.85 bits per heavy atom. The fraction of sp³-hybridized carbons (Fsp3) is 0.647. The predicted octanol–water partition coefficient (Wildman–Crippen LogP) is 4.69. The molecule has 2 nitrogen and oxygen atoms in total. The molecular weight excluding hydrogens is 264 g/mol. The highest BCUT2D eigenvalue weighted by molar-refractivity contribution is 7.18. The molecule has 0 atom stereocenters. The van der Waals surface area contributed by atoms with E-state index in [0.717, 1.165) is 12.3 Å². The predicted molar refractivity (Wildman–Crippen MR) is 84.3 cm³/mol. The summed E-state index contributed by atoms with van der Waals surface area (Å²) in [7, 11) is 0. The van der Waals surface area contributed by atoms with Crippen LogP contribution >= 0.6 is 11.3 Å². The van der Waals surface area contributed by atoms with Crippen LogP contribution in [0.2, 0.25) is 0 Å². The van der Waals surface area contributed by atoms with Gasteiger partial charge in [-0.2, -0.15) is 0 Å². The second-order valence-corrected chi connectivity index (χ2v) is 7.48. The van der Waals surface area contributed by atoms with E-state index < -0.39 is 0 Å². The summed E-state index contributed by atoms with van der Waals surface area (Å²) in [5.41, 5.74) is 2.92. The number of hydrogen-bond acceptors (Lipinski definition) is 3. The molecule has 0 amide bonds. The number of thiophene rings is 1. The van der Waals surface area contributed by atoms with Crippen molar-refractivity contribution in [1.82, 2.24) is 9.97 Å². The van der Waals surface area contributed by atoms with Gasteiger partial charge in [0.1, 0.15) is 11.2 Å². The Labute approximate surface area is 124 Å². The summed E-state index contributed by atoms with van der Waals surface area (Å²) in [5.74, 6) is 0.945. The first-order valence-corrected chi connectivity index (χ1v) is 8.97. The minimum absolute atomic E-state index is 0.945. The lowest BCUT2D eigenvalue weighted by Gasteiger charge is -2.21. The van der Waals surface area contributed by atoms with Gasteiger partial charge >= 0.3 is 0 Å². The molecule has 2 heterocycles. The maximum atomic E-state index is 4.64. The van der Waals surface area contributed by atoms with Crippen LogP contribution in [0.4, 0.5) is 0 Å². The van der Waals surface area contributed by atoms with Gasteiger partial charge in [0.15, 0.2) is 0 Å². The van der Waals surface area contributed by atoms with Crippen molar-refractivity contribution in [2.45, 2.75) is 64.2 Å². The van der Waals surface area contributed by atoms with Crippen LogP contribution < -0.4 is 0 Å². The summed E-state index contributed by atoms with van der Waals surface area (Å²) in [6.45, 7) is 0. The number of fused-ring (bicyclic) bond motifs is 3. The van der Waals surface area contributed by atoms with E-state index >= 15 is 0 Å². The number of rotatable bonds is 3. The molecule has 1 saturated carbocycles. The van der Waals surface area contributed by atoms with Crippen LogP contribution in [0, 0.1) is 5.92 Å². The lowest BCUT2D eigenvalue weighted by atomic mass is 9.85. The highest BCUT2D eigenvalue weighted by Crippen LogP contribution is 2.38. The zero-order valence-electron chi connectivity index (χ0n) is 12.0. The standard InChI is InChI=1S/C17H22N2S/c1-2-5-12(6-3-1)9-10-14-16-13-7-4-8-15(13)20-17(16)19-11-18-14/h11-12H,1-10H2. The molecule has 0 aliphatic heterocycles.